The summed E-state index contributed by atoms with van der Waals surface area (Å²) in [4.78, 5) is 0. The first-order chi connectivity index (χ1) is 8.72. The van der Waals surface area contributed by atoms with Gasteiger partial charge in [-0.05, 0) is 68.4 Å². The van der Waals surface area contributed by atoms with Crippen molar-refractivity contribution in [2.45, 2.75) is 50.6 Å². The average molecular weight is 244 g/mol. The van der Waals surface area contributed by atoms with Crippen LogP contribution >= 0.6 is 0 Å². The summed E-state index contributed by atoms with van der Waals surface area (Å²) in [5.41, 5.74) is 1.92. The summed E-state index contributed by atoms with van der Waals surface area (Å²) >= 11 is 0. The molecule has 0 aromatic carbocycles. The second-order valence-corrected chi connectivity index (χ2v) is 7.16. The highest BCUT2D eigenvalue weighted by Crippen LogP contribution is 2.55. The molecule has 4 bridgehead atoms. The normalized spacial score (nSPS) is 41.5. The van der Waals surface area contributed by atoms with Crippen molar-refractivity contribution in [1.82, 2.24) is 9.88 Å². The van der Waals surface area contributed by atoms with Gasteiger partial charge in [0.1, 0.15) is 0 Å². The van der Waals surface area contributed by atoms with Crippen LogP contribution in [0.1, 0.15) is 44.2 Å². The first kappa shape index (κ1) is 11.1. The Hall–Kier alpha value is -0.760. The van der Waals surface area contributed by atoms with E-state index in [1.807, 2.05) is 0 Å². The van der Waals surface area contributed by atoms with E-state index in [2.05, 4.69) is 35.3 Å². The van der Waals surface area contributed by atoms with Gasteiger partial charge in [0.2, 0.25) is 0 Å². The quantitative estimate of drug-likeness (QED) is 0.864. The number of nitrogens with zero attached hydrogens (tertiary/aromatic N) is 1. The summed E-state index contributed by atoms with van der Waals surface area (Å²) < 4.78 is 2.24. The monoisotopic (exact) mass is 244 g/mol. The molecular weight excluding hydrogens is 220 g/mol. The molecule has 98 valence electrons. The van der Waals surface area contributed by atoms with Crippen LogP contribution in [0.4, 0.5) is 0 Å². The lowest BCUT2D eigenvalue weighted by Crippen LogP contribution is -2.58. The Labute approximate surface area is 110 Å². The van der Waals surface area contributed by atoms with Gasteiger partial charge in [0.05, 0.1) is 0 Å². The van der Waals surface area contributed by atoms with Crippen molar-refractivity contribution < 1.29 is 0 Å². The number of rotatable bonds is 3. The topological polar surface area (TPSA) is 17.0 Å². The molecule has 0 radical (unpaired) electrons. The van der Waals surface area contributed by atoms with E-state index in [-0.39, 0.29) is 0 Å². The number of aryl methyl sites for hydroxylation is 1. The Morgan fingerprint density at radius 3 is 2.28 bits per heavy atom. The number of hydrogen-bond acceptors (Lipinski definition) is 1. The third kappa shape index (κ3) is 1.73. The molecule has 0 saturated heterocycles. The third-order valence-electron chi connectivity index (χ3n) is 5.73. The molecule has 1 heterocycles. The fourth-order valence-corrected chi connectivity index (χ4v) is 5.29. The zero-order chi connectivity index (χ0) is 12.2. The van der Waals surface area contributed by atoms with Gasteiger partial charge < -0.3 is 9.88 Å². The molecule has 4 aliphatic carbocycles. The van der Waals surface area contributed by atoms with Crippen LogP contribution in [-0.4, -0.2) is 10.1 Å². The standard InChI is InChI=1S/C16H24N2/c1-18-4-2-3-15(18)11-17-16-8-12-5-13(9-16)7-14(6-12)10-16/h2-4,12-14,17H,5-11H2,1H3. The van der Waals surface area contributed by atoms with Crippen LogP contribution < -0.4 is 5.32 Å². The lowest BCUT2D eigenvalue weighted by atomic mass is 9.53. The van der Waals surface area contributed by atoms with E-state index in [0.29, 0.717) is 5.54 Å². The summed E-state index contributed by atoms with van der Waals surface area (Å²) in [5, 5.41) is 3.95. The van der Waals surface area contributed by atoms with E-state index in [1.54, 1.807) is 0 Å². The van der Waals surface area contributed by atoms with Gasteiger partial charge in [-0.3, -0.25) is 0 Å². The third-order valence-corrected chi connectivity index (χ3v) is 5.73. The molecule has 0 spiro atoms. The van der Waals surface area contributed by atoms with Gasteiger partial charge in [-0.1, -0.05) is 0 Å². The van der Waals surface area contributed by atoms with Crippen molar-refractivity contribution in [2.75, 3.05) is 0 Å². The Bertz CT molecular complexity index is 410. The molecule has 2 heteroatoms. The Kier molecular flexibility index (Phi) is 2.38. The first-order valence-electron chi connectivity index (χ1n) is 7.58. The molecule has 0 amide bonds. The molecule has 1 aromatic heterocycles. The predicted molar refractivity (Wildman–Crippen MR) is 73.2 cm³/mol. The lowest BCUT2D eigenvalue weighted by molar-refractivity contribution is -0.0208. The molecule has 5 rings (SSSR count). The van der Waals surface area contributed by atoms with Gasteiger partial charge in [-0.25, -0.2) is 0 Å². The van der Waals surface area contributed by atoms with Gasteiger partial charge in [-0.15, -0.1) is 0 Å². The van der Waals surface area contributed by atoms with Crippen LogP contribution in [0.15, 0.2) is 18.3 Å². The van der Waals surface area contributed by atoms with Gasteiger partial charge in [0.15, 0.2) is 0 Å². The van der Waals surface area contributed by atoms with Crippen molar-refractivity contribution in [3.8, 4) is 0 Å². The van der Waals surface area contributed by atoms with Crippen LogP contribution in [0, 0.1) is 17.8 Å². The van der Waals surface area contributed by atoms with Crippen LogP contribution in [0.3, 0.4) is 0 Å². The van der Waals surface area contributed by atoms with E-state index >= 15 is 0 Å². The van der Waals surface area contributed by atoms with Crippen molar-refractivity contribution in [3.63, 3.8) is 0 Å². The molecule has 1 N–H and O–H groups in total. The summed E-state index contributed by atoms with van der Waals surface area (Å²) in [7, 11) is 2.15. The fourth-order valence-electron chi connectivity index (χ4n) is 5.29. The molecule has 0 aliphatic heterocycles. The van der Waals surface area contributed by atoms with E-state index in [1.165, 1.54) is 44.2 Å². The SMILES string of the molecule is Cn1cccc1CNC12CC3CC(CC(C3)C1)C2. The summed E-state index contributed by atoms with van der Waals surface area (Å²) in [6.07, 6.45) is 11.1. The zero-order valence-electron chi connectivity index (χ0n) is 11.4. The summed E-state index contributed by atoms with van der Waals surface area (Å²) in [5.74, 6) is 3.12. The summed E-state index contributed by atoms with van der Waals surface area (Å²) in [6, 6.07) is 4.39. The summed E-state index contributed by atoms with van der Waals surface area (Å²) in [6.45, 7) is 1.05. The number of aromatic nitrogens is 1. The van der Waals surface area contributed by atoms with Crippen LogP contribution in [0.25, 0.3) is 0 Å². The number of hydrogen-bond donors (Lipinski definition) is 1. The van der Waals surface area contributed by atoms with Crippen molar-refractivity contribution in [3.05, 3.63) is 24.0 Å². The predicted octanol–water partition coefficient (Wildman–Crippen LogP) is 3.08. The van der Waals surface area contributed by atoms with Gasteiger partial charge in [0, 0.05) is 31.0 Å². The molecule has 18 heavy (non-hydrogen) atoms. The van der Waals surface area contributed by atoms with Crippen LogP contribution in [-0.2, 0) is 13.6 Å². The smallest absolute Gasteiger partial charge is 0.0364 e. The van der Waals surface area contributed by atoms with Crippen molar-refractivity contribution >= 4 is 0 Å². The van der Waals surface area contributed by atoms with Gasteiger partial charge in [-0.2, -0.15) is 0 Å². The maximum absolute atomic E-state index is 3.95. The zero-order valence-corrected chi connectivity index (χ0v) is 11.4. The highest BCUT2D eigenvalue weighted by Gasteiger charge is 2.50. The Morgan fingerprint density at radius 2 is 1.78 bits per heavy atom. The Morgan fingerprint density at radius 1 is 1.17 bits per heavy atom. The average Bonchev–Trinajstić information content (AvgIpc) is 2.70. The fraction of sp³-hybridized carbons (Fsp3) is 0.750. The van der Waals surface area contributed by atoms with Gasteiger partial charge in [0.25, 0.3) is 0 Å². The molecule has 0 unspecified atom stereocenters. The Balaban J connectivity index is 1.49. The van der Waals surface area contributed by atoms with Crippen molar-refractivity contribution in [2.24, 2.45) is 24.8 Å². The molecule has 1 aromatic rings. The molecule has 4 fully saturated rings. The molecular formula is C16H24N2. The van der Waals surface area contributed by atoms with E-state index in [4.69, 9.17) is 0 Å². The second-order valence-electron chi connectivity index (χ2n) is 7.16. The highest BCUT2D eigenvalue weighted by molar-refractivity contribution is 5.10. The van der Waals surface area contributed by atoms with Crippen molar-refractivity contribution in [1.29, 1.82) is 0 Å². The van der Waals surface area contributed by atoms with E-state index in [0.717, 1.165) is 24.3 Å². The minimum absolute atomic E-state index is 0.499. The van der Waals surface area contributed by atoms with Gasteiger partial charge >= 0.3 is 0 Å². The minimum Gasteiger partial charge on any atom is -0.353 e. The minimum atomic E-state index is 0.499. The van der Waals surface area contributed by atoms with Crippen LogP contribution in [0.2, 0.25) is 0 Å². The van der Waals surface area contributed by atoms with E-state index < -0.39 is 0 Å². The second kappa shape index (κ2) is 3.86. The molecule has 0 atom stereocenters. The largest absolute Gasteiger partial charge is 0.353 e. The maximum atomic E-state index is 3.95. The highest BCUT2D eigenvalue weighted by atomic mass is 15.0. The maximum Gasteiger partial charge on any atom is 0.0364 e. The van der Waals surface area contributed by atoms with E-state index in [9.17, 15) is 0 Å². The first-order valence-corrected chi connectivity index (χ1v) is 7.58. The molecule has 4 aliphatic rings. The molecule has 2 nitrogen and oxygen atoms in total. The lowest BCUT2D eigenvalue weighted by Gasteiger charge is -2.57. The molecule has 4 saturated carbocycles. The number of nitrogens with one attached hydrogen (secondary N) is 1. The van der Waals surface area contributed by atoms with Crippen LogP contribution in [0.5, 0.6) is 0 Å².